The molecule has 0 unspecified atom stereocenters. The summed E-state index contributed by atoms with van der Waals surface area (Å²) in [6.45, 7) is 1.22. The third-order valence-corrected chi connectivity index (χ3v) is 1.37. The first-order valence-electron chi connectivity index (χ1n) is 3.62. The van der Waals surface area contributed by atoms with Gasteiger partial charge < -0.3 is 9.84 Å². The second kappa shape index (κ2) is 5.80. The minimum absolute atomic E-state index is 0. The Labute approximate surface area is 103 Å². The number of esters is 1. The van der Waals surface area contributed by atoms with Gasteiger partial charge in [-0.2, -0.15) is 0 Å². The number of carboxylic acid groups (broad SMARTS) is 1. The molecule has 0 heterocycles. The van der Waals surface area contributed by atoms with Crippen molar-refractivity contribution >= 4 is 41.5 Å². The van der Waals surface area contributed by atoms with Crippen LogP contribution >= 0.6 is 0 Å². The molecule has 0 bridgehead atoms. The van der Waals surface area contributed by atoms with Crippen LogP contribution in [0.5, 0.6) is 5.75 Å². The van der Waals surface area contributed by atoms with E-state index < -0.39 is 11.9 Å². The van der Waals surface area contributed by atoms with Gasteiger partial charge in [0.15, 0.2) is 0 Å². The summed E-state index contributed by atoms with van der Waals surface area (Å²) >= 11 is 0. The van der Waals surface area contributed by atoms with Crippen molar-refractivity contribution in [3.8, 4) is 5.75 Å². The molecule has 1 radical (unpaired) electrons. The van der Waals surface area contributed by atoms with Crippen molar-refractivity contribution in [2.45, 2.75) is 6.92 Å². The Hall–Kier alpha value is -0.840. The fourth-order valence-corrected chi connectivity index (χ4v) is 0.887. The van der Waals surface area contributed by atoms with E-state index in [4.69, 9.17) is 5.11 Å². The second-order valence-electron chi connectivity index (χ2n) is 2.39. The average molecular weight is 203 g/mol. The van der Waals surface area contributed by atoms with Crippen LogP contribution in [0.15, 0.2) is 24.3 Å². The van der Waals surface area contributed by atoms with Gasteiger partial charge in [0.1, 0.15) is 11.3 Å². The molecule has 0 amide bonds. The Balaban J connectivity index is 0.00000169. The van der Waals surface area contributed by atoms with Crippen molar-refractivity contribution in [3.63, 3.8) is 0 Å². The van der Waals surface area contributed by atoms with Crippen molar-refractivity contribution in [2.24, 2.45) is 0 Å². The third kappa shape index (κ3) is 3.49. The van der Waals surface area contributed by atoms with Crippen LogP contribution < -0.4 is 4.74 Å². The van der Waals surface area contributed by atoms with Crippen LogP contribution in [0.25, 0.3) is 0 Å². The van der Waals surface area contributed by atoms with Crippen molar-refractivity contribution in [2.75, 3.05) is 0 Å². The number of hydrogen-bond donors (Lipinski definition) is 1. The van der Waals surface area contributed by atoms with Crippen LogP contribution in [0.3, 0.4) is 0 Å². The molecule has 1 aromatic carbocycles. The number of ether oxygens (including phenoxy) is 1. The van der Waals surface area contributed by atoms with Gasteiger partial charge in [-0.15, -0.1) is 0 Å². The average Bonchev–Trinajstić information content (AvgIpc) is 2.03. The first-order chi connectivity index (χ1) is 6.11. The van der Waals surface area contributed by atoms with Gasteiger partial charge >= 0.3 is 11.9 Å². The van der Waals surface area contributed by atoms with Crippen LogP contribution in [0, 0.1) is 0 Å². The summed E-state index contributed by atoms with van der Waals surface area (Å²) in [5.74, 6) is -1.58. The van der Waals surface area contributed by atoms with E-state index in [-0.39, 0.29) is 40.9 Å². The molecule has 14 heavy (non-hydrogen) atoms. The molecule has 1 aromatic rings. The topological polar surface area (TPSA) is 63.6 Å². The summed E-state index contributed by atoms with van der Waals surface area (Å²) < 4.78 is 4.69. The maximum absolute atomic E-state index is 10.6. The van der Waals surface area contributed by atoms with E-state index in [2.05, 4.69) is 4.74 Å². The van der Waals surface area contributed by atoms with Gasteiger partial charge in [0.2, 0.25) is 0 Å². The second-order valence-corrected chi connectivity index (χ2v) is 2.39. The molecule has 0 aromatic heterocycles. The van der Waals surface area contributed by atoms with E-state index in [1.54, 1.807) is 12.1 Å². The maximum Gasteiger partial charge on any atom is 0.339 e. The number of carbonyl (C=O) groups is 2. The summed E-state index contributed by atoms with van der Waals surface area (Å²) in [6.07, 6.45) is 0. The van der Waals surface area contributed by atoms with E-state index >= 15 is 0 Å². The molecule has 0 saturated heterocycles. The normalized spacial score (nSPS) is 8.64. The zero-order chi connectivity index (χ0) is 9.84. The Bertz CT molecular complexity index is 348. The van der Waals surface area contributed by atoms with E-state index in [1.807, 2.05) is 0 Å². The Morgan fingerprint density at radius 2 is 1.86 bits per heavy atom. The van der Waals surface area contributed by atoms with Gasteiger partial charge in [0.25, 0.3) is 0 Å². The number of rotatable bonds is 2. The SMILES string of the molecule is CC(=O)Oc1ccccc1C(=O)O.[Na]. The minimum atomic E-state index is -1.11. The number of benzene rings is 1. The van der Waals surface area contributed by atoms with Gasteiger partial charge in [0.05, 0.1) is 0 Å². The molecule has 0 aliphatic heterocycles. The summed E-state index contributed by atoms with van der Waals surface area (Å²) in [6, 6.07) is 5.98. The fraction of sp³-hybridized carbons (Fsp3) is 0.111. The molecule has 0 spiro atoms. The van der Waals surface area contributed by atoms with Gasteiger partial charge in [-0.3, -0.25) is 4.79 Å². The molecule has 5 heteroatoms. The van der Waals surface area contributed by atoms with Gasteiger partial charge in [-0.25, -0.2) is 4.79 Å². The molecule has 0 aliphatic carbocycles. The molecule has 0 saturated carbocycles. The zero-order valence-corrected chi connectivity index (χ0v) is 9.98. The fourth-order valence-electron chi connectivity index (χ4n) is 0.887. The van der Waals surface area contributed by atoms with Crippen molar-refractivity contribution in [1.29, 1.82) is 0 Å². The molecule has 4 nitrogen and oxygen atoms in total. The predicted octanol–water partition coefficient (Wildman–Crippen LogP) is 0.929. The largest absolute Gasteiger partial charge is 0.478 e. The van der Waals surface area contributed by atoms with Gasteiger partial charge in [-0.05, 0) is 12.1 Å². The number of carbonyl (C=O) groups excluding carboxylic acids is 1. The summed E-state index contributed by atoms with van der Waals surface area (Å²) in [5, 5.41) is 8.69. The van der Waals surface area contributed by atoms with Crippen LogP contribution in [0.4, 0.5) is 0 Å². The van der Waals surface area contributed by atoms with Crippen LogP contribution in [0.1, 0.15) is 17.3 Å². The first kappa shape index (κ1) is 13.2. The Kier molecular flexibility index (Phi) is 5.45. The number of aromatic carboxylic acids is 1. The summed E-state index contributed by atoms with van der Waals surface area (Å²) in [7, 11) is 0. The number of hydrogen-bond acceptors (Lipinski definition) is 3. The molecule has 1 N–H and O–H groups in total. The molecule has 0 fully saturated rings. The van der Waals surface area contributed by atoms with Crippen LogP contribution in [0.2, 0.25) is 0 Å². The predicted molar refractivity (Wildman–Crippen MR) is 50.5 cm³/mol. The zero-order valence-electron chi connectivity index (χ0n) is 7.98. The van der Waals surface area contributed by atoms with Crippen molar-refractivity contribution < 1.29 is 19.4 Å². The number of para-hydroxylation sites is 1. The monoisotopic (exact) mass is 203 g/mol. The Morgan fingerprint density at radius 3 is 2.36 bits per heavy atom. The van der Waals surface area contributed by atoms with Crippen molar-refractivity contribution in [1.82, 2.24) is 0 Å². The molecule has 0 atom stereocenters. The molecule has 69 valence electrons. The number of carboxylic acids is 1. The molecular weight excluding hydrogens is 195 g/mol. The minimum Gasteiger partial charge on any atom is -0.478 e. The van der Waals surface area contributed by atoms with Crippen LogP contribution in [-0.2, 0) is 4.79 Å². The van der Waals surface area contributed by atoms with Gasteiger partial charge in [-0.1, -0.05) is 12.1 Å². The molecule has 1 rings (SSSR count). The van der Waals surface area contributed by atoms with E-state index in [9.17, 15) is 9.59 Å². The molecule has 0 aliphatic rings. The van der Waals surface area contributed by atoms with E-state index in [0.717, 1.165) is 0 Å². The first-order valence-corrected chi connectivity index (χ1v) is 3.62. The summed E-state index contributed by atoms with van der Waals surface area (Å²) in [5.41, 5.74) is -0.0160. The quantitative estimate of drug-likeness (QED) is 0.441. The van der Waals surface area contributed by atoms with Gasteiger partial charge in [0, 0.05) is 36.5 Å². The van der Waals surface area contributed by atoms with E-state index in [1.165, 1.54) is 19.1 Å². The maximum atomic E-state index is 10.6. The smallest absolute Gasteiger partial charge is 0.339 e. The molecular formula is C9H8NaO4. The third-order valence-electron chi connectivity index (χ3n) is 1.37. The van der Waals surface area contributed by atoms with Crippen LogP contribution in [-0.4, -0.2) is 46.6 Å². The van der Waals surface area contributed by atoms with Crippen molar-refractivity contribution in [3.05, 3.63) is 29.8 Å². The standard InChI is InChI=1S/C9H8O4.Na/c1-6(10)13-8-5-3-2-4-7(8)9(11)12;/h2-5H,1H3,(H,11,12);. The summed E-state index contributed by atoms with van der Waals surface area (Å²) in [4.78, 5) is 21.2. The van der Waals surface area contributed by atoms with E-state index in [0.29, 0.717) is 0 Å². The Morgan fingerprint density at radius 1 is 1.29 bits per heavy atom.